The number of hydrogen-bond acceptors (Lipinski definition) is 2. The summed E-state index contributed by atoms with van der Waals surface area (Å²) in [5, 5.41) is 7.60. The zero-order valence-corrected chi connectivity index (χ0v) is 4.77. The van der Waals surface area contributed by atoms with E-state index in [1.807, 2.05) is 0 Å². The Morgan fingerprint density at radius 3 is 1.86 bits per heavy atom. The fraction of sp³-hybridized carbons (Fsp3) is 0.500. The van der Waals surface area contributed by atoms with Crippen molar-refractivity contribution < 1.29 is 41.2 Å². The molecule has 0 saturated carbocycles. The second-order valence-corrected chi connectivity index (χ2v) is 0.598. The van der Waals surface area contributed by atoms with Gasteiger partial charge in [-0.15, -0.1) is 0 Å². The molecule has 0 unspecified atom stereocenters. The fourth-order valence-corrected chi connectivity index (χ4v) is 0. The van der Waals surface area contributed by atoms with Gasteiger partial charge in [-0.25, -0.2) is 0 Å². The molecule has 38 valence electrons. The molecule has 0 radical (unpaired) electrons. The average Bonchev–Trinajstić information content (AvgIpc) is 1.38. The summed E-state index contributed by atoms with van der Waals surface area (Å²) in [4.78, 5) is 9.24. The van der Waals surface area contributed by atoms with Gasteiger partial charge in [-0.3, -0.25) is 4.79 Å². The van der Waals surface area contributed by atoms with Gasteiger partial charge in [0.05, 0.1) is 6.54 Å². The van der Waals surface area contributed by atoms with E-state index in [0.717, 1.165) is 0 Å². The van der Waals surface area contributed by atoms with Crippen molar-refractivity contribution in [3.05, 3.63) is 0 Å². The number of hydrogen-bond donors (Lipinski definition) is 2. The number of halogens is 1. The van der Waals surface area contributed by atoms with Gasteiger partial charge in [0.2, 0.25) is 0 Å². The summed E-state index contributed by atoms with van der Waals surface area (Å²) >= 11 is 0. The van der Waals surface area contributed by atoms with E-state index in [2.05, 4.69) is 5.73 Å². The Hall–Kier alpha value is 0.317. The van der Waals surface area contributed by atoms with Gasteiger partial charge in [-0.2, -0.15) is 0 Å². The third kappa shape index (κ3) is 21.9. The molecular weight excluding hydrogens is 112 g/mol. The SMILES string of the molecule is NCC(=O)O.[Cl-].[Li+]. The Morgan fingerprint density at radius 1 is 1.71 bits per heavy atom. The first-order valence-corrected chi connectivity index (χ1v) is 1.19. The first kappa shape index (κ1) is 15.7. The van der Waals surface area contributed by atoms with Crippen molar-refractivity contribution in [1.29, 1.82) is 0 Å². The van der Waals surface area contributed by atoms with Gasteiger partial charge in [0, 0.05) is 0 Å². The Labute approximate surface area is 59.9 Å². The molecule has 3 N–H and O–H groups in total. The van der Waals surface area contributed by atoms with Crippen LogP contribution in [0.3, 0.4) is 0 Å². The predicted molar refractivity (Wildman–Crippen MR) is 16.7 cm³/mol. The normalized spacial score (nSPS) is 5.29. The second-order valence-electron chi connectivity index (χ2n) is 0.598. The van der Waals surface area contributed by atoms with Gasteiger partial charge in [0.15, 0.2) is 0 Å². The average molecular weight is 117 g/mol. The van der Waals surface area contributed by atoms with Crippen LogP contribution in [0.25, 0.3) is 0 Å². The van der Waals surface area contributed by atoms with E-state index >= 15 is 0 Å². The summed E-state index contributed by atoms with van der Waals surface area (Å²) in [5.74, 6) is -0.968. The number of carboxylic acids is 1. The van der Waals surface area contributed by atoms with Crippen molar-refractivity contribution >= 4 is 5.97 Å². The molecule has 0 atom stereocenters. The third-order valence-electron chi connectivity index (χ3n) is 0.175. The van der Waals surface area contributed by atoms with Crippen molar-refractivity contribution in [2.24, 2.45) is 5.73 Å². The van der Waals surface area contributed by atoms with Gasteiger partial charge in [0.25, 0.3) is 0 Å². The maximum absolute atomic E-state index is 9.24. The van der Waals surface area contributed by atoms with E-state index in [0.29, 0.717) is 0 Å². The number of carboxylic acid groups (broad SMARTS) is 1. The molecule has 0 rings (SSSR count). The van der Waals surface area contributed by atoms with Crippen LogP contribution in [-0.2, 0) is 4.79 Å². The van der Waals surface area contributed by atoms with E-state index in [1.165, 1.54) is 0 Å². The van der Waals surface area contributed by atoms with Crippen LogP contribution >= 0.6 is 0 Å². The number of nitrogens with two attached hydrogens (primary N) is 1. The van der Waals surface area contributed by atoms with Gasteiger partial charge in [-0.1, -0.05) is 0 Å². The molecule has 7 heavy (non-hydrogen) atoms. The molecule has 0 spiro atoms. The van der Waals surface area contributed by atoms with Crippen LogP contribution in [0.15, 0.2) is 0 Å². The predicted octanol–water partition coefficient (Wildman–Crippen LogP) is -6.96. The summed E-state index contributed by atoms with van der Waals surface area (Å²) < 4.78 is 0. The molecule has 3 nitrogen and oxygen atoms in total. The molecule has 0 aromatic heterocycles. The van der Waals surface area contributed by atoms with Gasteiger partial charge in [0.1, 0.15) is 0 Å². The van der Waals surface area contributed by atoms with Crippen LogP contribution < -0.4 is 37.0 Å². The van der Waals surface area contributed by atoms with E-state index in [1.54, 1.807) is 0 Å². The van der Waals surface area contributed by atoms with E-state index in [4.69, 9.17) is 5.11 Å². The van der Waals surface area contributed by atoms with Crippen LogP contribution in [0.5, 0.6) is 0 Å². The van der Waals surface area contributed by atoms with Crippen molar-refractivity contribution in [3.8, 4) is 0 Å². The van der Waals surface area contributed by atoms with Crippen molar-refractivity contribution in [3.63, 3.8) is 0 Å². The summed E-state index contributed by atoms with van der Waals surface area (Å²) in [6.45, 7) is -0.278. The van der Waals surface area contributed by atoms with Crippen molar-refractivity contribution in [1.82, 2.24) is 0 Å². The molecule has 0 saturated heterocycles. The van der Waals surface area contributed by atoms with Crippen LogP contribution in [0.1, 0.15) is 0 Å². The molecule has 0 aliphatic rings. The van der Waals surface area contributed by atoms with Crippen LogP contribution in [0.2, 0.25) is 0 Å². The Kier molecular flexibility index (Phi) is 21.4. The molecule has 0 aromatic carbocycles. The Morgan fingerprint density at radius 2 is 1.86 bits per heavy atom. The van der Waals surface area contributed by atoms with Crippen molar-refractivity contribution in [2.45, 2.75) is 0 Å². The molecule has 0 heterocycles. The Bertz CT molecular complexity index is 51.0. The minimum atomic E-state index is -0.968. The molecule has 0 aliphatic heterocycles. The summed E-state index contributed by atoms with van der Waals surface area (Å²) in [7, 11) is 0. The zero-order valence-electron chi connectivity index (χ0n) is 4.02. The van der Waals surface area contributed by atoms with Crippen LogP contribution in [-0.4, -0.2) is 17.6 Å². The number of rotatable bonds is 1. The first-order chi connectivity index (χ1) is 2.27. The second kappa shape index (κ2) is 9.58. The molecule has 0 fully saturated rings. The molecule has 0 bridgehead atoms. The third-order valence-corrected chi connectivity index (χ3v) is 0.175. The number of carbonyl (C=O) groups is 1. The van der Waals surface area contributed by atoms with E-state index in [-0.39, 0.29) is 37.8 Å². The van der Waals surface area contributed by atoms with Crippen LogP contribution in [0, 0.1) is 0 Å². The molecule has 0 amide bonds. The summed E-state index contributed by atoms with van der Waals surface area (Å²) in [6.07, 6.45) is 0. The first-order valence-electron chi connectivity index (χ1n) is 1.19. The van der Waals surface area contributed by atoms with Gasteiger partial charge < -0.3 is 23.2 Å². The summed E-state index contributed by atoms with van der Waals surface area (Å²) in [5.41, 5.74) is 4.57. The summed E-state index contributed by atoms with van der Waals surface area (Å²) in [6, 6.07) is 0. The number of aliphatic carboxylic acids is 1. The quantitative estimate of drug-likeness (QED) is 0.336. The van der Waals surface area contributed by atoms with E-state index in [9.17, 15) is 4.79 Å². The standard InChI is InChI=1S/C2H5NO2.ClH.Li/c3-1-2(4)5;;/h1,3H2,(H,4,5);1H;/q;;+1/p-1. The van der Waals surface area contributed by atoms with Crippen molar-refractivity contribution in [2.75, 3.05) is 6.54 Å². The monoisotopic (exact) mass is 117 g/mol. The largest absolute Gasteiger partial charge is 1.00 e. The fourth-order valence-electron chi connectivity index (χ4n) is 0. The topological polar surface area (TPSA) is 63.3 Å². The van der Waals surface area contributed by atoms with E-state index < -0.39 is 5.97 Å². The maximum atomic E-state index is 9.24. The van der Waals surface area contributed by atoms with Gasteiger partial charge in [-0.05, 0) is 0 Å². The molecular formula is C2H5ClLiNO2. The minimum absolute atomic E-state index is 0. The maximum Gasteiger partial charge on any atom is 1.00 e. The van der Waals surface area contributed by atoms with Crippen LogP contribution in [0.4, 0.5) is 0 Å². The Balaban J connectivity index is -0.0000000800. The molecule has 0 aliphatic carbocycles. The zero-order chi connectivity index (χ0) is 4.28. The molecule has 0 aromatic rings. The smallest absolute Gasteiger partial charge is 1.00 e. The molecule has 5 heteroatoms. The minimum Gasteiger partial charge on any atom is -1.00 e. The van der Waals surface area contributed by atoms with Gasteiger partial charge >= 0.3 is 24.8 Å².